The van der Waals surface area contributed by atoms with Crippen LogP contribution in [0.5, 0.6) is 0 Å². The number of nitrogens with one attached hydrogen (secondary N) is 1. The molecule has 1 aliphatic heterocycles. The molecule has 1 unspecified atom stereocenters. The summed E-state index contributed by atoms with van der Waals surface area (Å²) in [6, 6.07) is 2.84. The van der Waals surface area contributed by atoms with Crippen molar-refractivity contribution in [3.05, 3.63) is 21.9 Å². The highest BCUT2D eigenvalue weighted by molar-refractivity contribution is 7.10. The van der Waals surface area contributed by atoms with E-state index in [1.165, 1.54) is 63.6 Å². The summed E-state index contributed by atoms with van der Waals surface area (Å²) in [6.07, 6.45) is 9.59. The first-order valence-corrected chi connectivity index (χ1v) is 9.68. The summed E-state index contributed by atoms with van der Waals surface area (Å²) in [5.74, 6) is 0. The summed E-state index contributed by atoms with van der Waals surface area (Å²) in [7, 11) is 0. The SMILES string of the molecule is CCCNC(c1sccc1C)C1(N2CCCC2)CCCC1. The lowest BCUT2D eigenvalue weighted by molar-refractivity contribution is 0.0775. The van der Waals surface area contributed by atoms with Crippen molar-refractivity contribution < 1.29 is 0 Å². The Morgan fingerprint density at radius 3 is 2.52 bits per heavy atom. The van der Waals surface area contributed by atoms with Crippen LogP contribution in [0.25, 0.3) is 0 Å². The van der Waals surface area contributed by atoms with Crippen LogP contribution in [0, 0.1) is 6.92 Å². The van der Waals surface area contributed by atoms with Gasteiger partial charge in [0, 0.05) is 10.4 Å². The number of nitrogens with zero attached hydrogens (tertiary/aromatic N) is 1. The van der Waals surface area contributed by atoms with Gasteiger partial charge in [-0.25, -0.2) is 0 Å². The minimum Gasteiger partial charge on any atom is -0.308 e. The van der Waals surface area contributed by atoms with Gasteiger partial charge >= 0.3 is 0 Å². The third-order valence-corrected chi connectivity index (χ3v) is 6.59. The van der Waals surface area contributed by atoms with Crippen LogP contribution in [0.15, 0.2) is 11.4 Å². The second kappa shape index (κ2) is 6.80. The largest absolute Gasteiger partial charge is 0.308 e. The van der Waals surface area contributed by atoms with E-state index in [0.29, 0.717) is 11.6 Å². The monoisotopic (exact) mass is 306 g/mol. The summed E-state index contributed by atoms with van der Waals surface area (Å²) in [5.41, 5.74) is 1.88. The minimum atomic E-state index is 0.390. The predicted octanol–water partition coefficient (Wildman–Crippen LogP) is 4.51. The highest BCUT2D eigenvalue weighted by Crippen LogP contribution is 2.47. The lowest BCUT2D eigenvalue weighted by Crippen LogP contribution is -2.54. The molecule has 3 rings (SSSR count). The van der Waals surface area contributed by atoms with Gasteiger partial charge in [0.15, 0.2) is 0 Å². The summed E-state index contributed by atoms with van der Waals surface area (Å²) >= 11 is 1.96. The zero-order valence-corrected chi connectivity index (χ0v) is 14.5. The zero-order chi connectivity index (χ0) is 14.7. The van der Waals surface area contributed by atoms with Crippen LogP contribution in [-0.2, 0) is 0 Å². The topological polar surface area (TPSA) is 15.3 Å². The van der Waals surface area contributed by atoms with E-state index in [2.05, 4.69) is 35.5 Å². The number of thiophene rings is 1. The van der Waals surface area contributed by atoms with Crippen LogP contribution in [-0.4, -0.2) is 30.1 Å². The Labute approximate surface area is 133 Å². The van der Waals surface area contributed by atoms with Crippen LogP contribution in [0.4, 0.5) is 0 Å². The third-order valence-electron chi connectivity index (χ3n) is 5.50. The van der Waals surface area contributed by atoms with Gasteiger partial charge in [0.05, 0.1) is 6.04 Å². The van der Waals surface area contributed by atoms with Crippen molar-refractivity contribution in [2.75, 3.05) is 19.6 Å². The Bertz CT molecular complexity index is 442. The maximum absolute atomic E-state index is 3.94. The Balaban J connectivity index is 1.93. The molecule has 1 aromatic heterocycles. The first-order valence-electron chi connectivity index (χ1n) is 8.80. The molecular formula is C18H30N2S. The second-order valence-corrected chi connectivity index (χ2v) is 7.81. The van der Waals surface area contributed by atoms with Gasteiger partial charge in [0.2, 0.25) is 0 Å². The van der Waals surface area contributed by atoms with Crippen molar-refractivity contribution in [3.63, 3.8) is 0 Å². The van der Waals surface area contributed by atoms with E-state index >= 15 is 0 Å². The lowest BCUT2D eigenvalue weighted by atomic mass is 9.84. The van der Waals surface area contributed by atoms with Gasteiger partial charge in [-0.3, -0.25) is 4.90 Å². The van der Waals surface area contributed by atoms with E-state index < -0.39 is 0 Å². The molecule has 1 aliphatic carbocycles. The smallest absolute Gasteiger partial charge is 0.0604 e. The Morgan fingerprint density at radius 1 is 1.24 bits per heavy atom. The summed E-state index contributed by atoms with van der Waals surface area (Å²) in [4.78, 5) is 4.43. The van der Waals surface area contributed by atoms with E-state index in [1.807, 2.05) is 11.3 Å². The average molecular weight is 307 g/mol. The van der Waals surface area contributed by atoms with Gasteiger partial charge in [-0.1, -0.05) is 19.8 Å². The van der Waals surface area contributed by atoms with E-state index in [1.54, 1.807) is 4.88 Å². The summed E-state index contributed by atoms with van der Waals surface area (Å²) in [5, 5.41) is 6.22. The average Bonchev–Trinajstić information content (AvgIpc) is 3.20. The highest BCUT2D eigenvalue weighted by Gasteiger charge is 2.47. The van der Waals surface area contributed by atoms with Gasteiger partial charge in [0.1, 0.15) is 0 Å². The molecule has 2 heterocycles. The Morgan fingerprint density at radius 2 is 1.95 bits per heavy atom. The molecule has 0 bridgehead atoms. The van der Waals surface area contributed by atoms with E-state index in [-0.39, 0.29) is 0 Å². The maximum Gasteiger partial charge on any atom is 0.0604 e. The number of aryl methyl sites for hydroxylation is 1. The van der Waals surface area contributed by atoms with Gasteiger partial charge in [-0.2, -0.15) is 0 Å². The standard InChI is InChI=1S/C18H30N2S/c1-3-11-19-17(16-15(2)8-14-21-16)18(9-4-5-10-18)20-12-6-7-13-20/h8,14,17,19H,3-7,9-13H2,1-2H3. The fourth-order valence-corrected chi connectivity index (χ4v) is 5.54. The molecule has 0 aromatic carbocycles. The number of hydrogen-bond donors (Lipinski definition) is 1. The molecule has 1 atom stereocenters. The molecule has 2 nitrogen and oxygen atoms in total. The first-order chi connectivity index (χ1) is 10.3. The van der Waals surface area contributed by atoms with Gasteiger partial charge in [-0.05, 0) is 75.7 Å². The number of hydrogen-bond acceptors (Lipinski definition) is 3. The van der Waals surface area contributed by atoms with Gasteiger partial charge in [0.25, 0.3) is 0 Å². The molecule has 3 heteroatoms. The molecule has 21 heavy (non-hydrogen) atoms. The van der Waals surface area contributed by atoms with E-state index in [0.717, 1.165) is 6.54 Å². The fraction of sp³-hybridized carbons (Fsp3) is 0.778. The van der Waals surface area contributed by atoms with Crippen LogP contribution in [0.2, 0.25) is 0 Å². The van der Waals surface area contributed by atoms with Crippen molar-refractivity contribution in [1.82, 2.24) is 10.2 Å². The molecule has 118 valence electrons. The van der Waals surface area contributed by atoms with Crippen LogP contribution < -0.4 is 5.32 Å². The minimum absolute atomic E-state index is 0.390. The Hall–Kier alpha value is -0.380. The molecule has 0 amide bonds. The van der Waals surface area contributed by atoms with Crippen LogP contribution in [0.3, 0.4) is 0 Å². The fourth-order valence-electron chi connectivity index (χ4n) is 4.43. The zero-order valence-electron chi connectivity index (χ0n) is 13.7. The van der Waals surface area contributed by atoms with E-state index in [4.69, 9.17) is 0 Å². The van der Waals surface area contributed by atoms with Crippen molar-refractivity contribution >= 4 is 11.3 Å². The predicted molar refractivity (Wildman–Crippen MR) is 92.1 cm³/mol. The van der Waals surface area contributed by atoms with Crippen LogP contribution in [0.1, 0.15) is 68.4 Å². The first kappa shape index (κ1) is 15.5. The molecule has 2 fully saturated rings. The lowest BCUT2D eigenvalue weighted by Gasteiger charge is -2.45. The van der Waals surface area contributed by atoms with Gasteiger partial charge < -0.3 is 5.32 Å². The Kier molecular flexibility index (Phi) is 5.03. The summed E-state index contributed by atoms with van der Waals surface area (Å²) < 4.78 is 0. The van der Waals surface area contributed by atoms with Crippen molar-refractivity contribution in [2.24, 2.45) is 0 Å². The maximum atomic E-state index is 3.94. The van der Waals surface area contributed by atoms with Crippen molar-refractivity contribution in [2.45, 2.75) is 70.4 Å². The highest BCUT2D eigenvalue weighted by atomic mass is 32.1. The summed E-state index contributed by atoms with van der Waals surface area (Å²) in [6.45, 7) is 8.34. The number of rotatable bonds is 6. The van der Waals surface area contributed by atoms with Crippen molar-refractivity contribution in [3.8, 4) is 0 Å². The molecule has 1 saturated heterocycles. The molecular weight excluding hydrogens is 276 g/mol. The quantitative estimate of drug-likeness (QED) is 0.832. The molecule has 0 radical (unpaired) electrons. The van der Waals surface area contributed by atoms with Gasteiger partial charge in [-0.15, -0.1) is 11.3 Å². The molecule has 1 N–H and O–H groups in total. The number of likely N-dealkylation sites (tertiary alicyclic amines) is 1. The third kappa shape index (κ3) is 2.93. The normalized spacial score (nSPS) is 23.7. The van der Waals surface area contributed by atoms with Crippen molar-refractivity contribution in [1.29, 1.82) is 0 Å². The second-order valence-electron chi connectivity index (χ2n) is 6.86. The molecule has 1 aromatic rings. The van der Waals surface area contributed by atoms with Crippen LogP contribution >= 0.6 is 11.3 Å². The molecule has 1 saturated carbocycles. The van der Waals surface area contributed by atoms with E-state index in [9.17, 15) is 0 Å². The molecule has 0 spiro atoms. The molecule has 2 aliphatic rings.